The first-order chi connectivity index (χ1) is 17.5. The fourth-order valence-corrected chi connectivity index (χ4v) is 4.89. The Bertz CT molecular complexity index is 1300. The topological polar surface area (TPSA) is 86.8 Å². The maximum atomic E-state index is 13.9. The molecule has 2 fully saturated rings. The minimum Gasteiger partial charge on any atom is -0.497 e. The monoisotopic (exact) mass is 490 g/mol. The first-order valence-corrected chi connectivity index (χ1v) is 11.4. The number of para-hydroxylation sites is 1. The van der Waals surface area contributed by atoms with Gasteiger partial charge in [-0.2, -0.15) is 0 Å². The number of methoxy groups -OCH3 is 4. The van der Waals surface area contributed by atoms with E-state index < -0.39 is 24.0 Å². The number of fused-ring (bicyclic) bond motifs is 1. The molecule has 0 unspecified atom stereocenters. The summed E-state index contributed by atoms with van der Waals surface area (Å²) < 4.78 is 22.1. The molecule has 0 N–H and O–H groups in total. The molecule has 9 heteroatoms. The van der Waals surface area contributed by atoms with Gasteiger partial charge < -0.3 is 18.9 Å². The number of amides is 2. The summed E-state index contributed by atoms with van der Waals surface area (Å²) in [5.74, 6) is 0.139. The van der Waals surface area contributed by atoms with Gasteiger partial charge in [-0.05, 0) is 36.4 Å². The lowest BCUT2D eigenvalue weighted by molar-refractivity contribution is -0.126. The van der Waals surface area contributed by atoms with Gasteiger partial charge in [-0.25, -0.2) is 9.96 Å². The molecule has 0 saturated carbocycles. The summed E-state index contributed by atoms with van der Waals surface area (Å²) in [6, 6.07) is 19.0. The van der Waals surface area contributed by atoms with E-state index >= 15 is 0 Å². The minimum absolute atomic E-state index is 0.376. The van der Waals surface area contributed by atoms with Crippen LogP contribution in [0.15, 0.2) is 66.7 Å². The Hall–Kier alpha value is -4.24. The van der Waals surface area contributed by atoms with Crippen molar-refractivity contribution in [2.75, 3.05) is 38.4 Å². The van der Waals surface area contributed by atoms with Crippen LogP contribution in [0.5, 0.6) is 23.0 Å². The molecule has 36 heavy (non-hydrogen) atoms. The number of benzene rings is 3. The quantitative estimate of drug-likeness (QED) is 0.463. The van der Waals surface area contributed by atoms with Gasteiger partial charge in [0.2, 0.25) is 11.7 Å². The number of nitrogens with zero attached hydrogens (tertiary/aromatic N) is 2. The number of hydrogen-bond acceptors (Lipinski definition) is 8. The van der Waals surface area contributed by atoms with Crippen molar-refractivity contribution >= 4 is 23.2 Å². The molecule has 3 atom stereocenters. The molecule has 186 valence electrons. The molecular formula is C27H26N2O7. The Morgan fingerprint density at radius 3 is 2.11 bits per heavy atom. The van der Waals surface area contributed by atoms with Crippen LogP contribution in [0.4, 0.5) is 11.4 Å². The lowest BCUT2D eigenvalue weighted by Gasteiger charge is -2.30. The van der Waals surface area contributed by atoms with Crippen LogP contribution in [0.1, 0.15) is 11.6 Å². The highest BCUT2D eigenvalue weighted by Gasteiger charge is 2.61. The fourth-order valence-electron chi connectivity index (χ4n) is 4.89. The SMILES string of the molecule is COc1cccc(N2C(=O)[C@@H]3[C@H](ON(c4ccccc4)[C@H]3c3ccc(OC)c(OC)c3OC)C2=O)c1. The normalized spacial score (nSPS) is 20.9. The van der Waals surface area contributed by atoms with Crippen LogP contribution in [0.2, 0.25) is 0 Å². The number of anilines is 2. The predicted molar refractivity (Wildman–Crippen MR) is 132 cm³/mol. The average Bonchev–Trinajstić information content (AvgIpc) is 3.43. The van der Waals surface area contributed by atoms with E-state index in [0.29, 0.717) is 39.9 Å². The van der Waals surface area contributed by atoms with E-state index in [2.05, 4.69) is 0 Å². The van der Waals surface area contributed by atoms with Crippen molar-refractivity contribution in [2.24, 2.45) is 5.92 Å². The minimum atomic E-state index is -1.02. The highest BCUT2D eigenvalue weighted by atomic mass is 16.7. The number of carbonyl (C=O) groups is 2. The lowest BCUT2D eigenvalue weighted by Crippen LogP contribution is -2.37. The molecule has 2 aliphatic rings. The van der Waals surface area contributed by atoms with E-state index in [4.69, 9.17) is 23.8 Å². The number of ether oxygens (including phenoxy) is 4. The molecule has 2 aliphatic heterocycles. The second kappa shape index (κ2) is 9.43. The van der Waals surface area contributed by atoms with Gasteiger partial charge in [-0.1, -0.05) is 24.3 Å². The van der Waals surface area contributed by atoms with Gasteiger partial charge in [-0.15, -0.1) is 0 Å². The van der Waals surface area contributed by atoms with Gasteiger partial charge in [0.25, 0.3) is 5.91 Å². The molecule has 9 nitrogen and oxygen atoms in total. The second-order valence-corrected chi connectivity index (χ2v) is 8.29. The number of carbonyl (C=O) groups excluding carboxylic acids is 2. The zero-order valence-corrected chi connectivity index (χ0v) is 20.3. The van der Waals surface area contributed by atoms with Crippen LogP contribution in [0.3, 0.4) is 0 Å². The summed E-state index contributed by atoms with van der Waals surface area (Å²) in [5.41, 5.74) is 1.74. The van der Waals surface area contributed by atoms with Crippen LogP contribution < -0.4 is 28.9 Å². The third kappa shape index (κ3) is 3.59. The average molecular weight is 491 g/mol. The smallest absolute Gasteiger partial charge is 0.266 e. The van der Waals surface area contributed by atoms with Crippen molar-refractivity contribution in [3.05, 3.63) is 72.3 Å². The molecule has 0 spiro atoms. The molecule has 2 amide bonds. The van der Waals surface area contributed by atoms with Gasteiger partial charge >= 0.3 is 0 Å². The third-order valence-corrected chi connectivity index (χ3v) is 6.49. The first-order valence-electron chi connectivity index (χ1n) is 11.4. The van der Waals surface area contributed by atoms with Gasteiger partial charge in [0.15, 0.2) is 17.6 Å². The van der Waals surface area contributed by atoms with E-state index in [9.17, 15) is 9.59 Å². The number of hydroxylamine groups is 1. The maximum absolute atomic E-state index is 13.9. The number of imide groups is 1. The number of hydrogen-bond donors (Lipinski definition) is 0. The van der Waals surface area contributed by atoms with Crippen LogP contribution >= 0.6 is 0 Å². The Morgan fingerprint density at radius 1 is 0.722 bits per heavy atom. The number of rotatable bonds is 7. The van der Waals surface area contributed by atoms with Crippen LogP contribution in [0, 0.1) is 5.92 Å². The molecule has 5 rings (SSSR count). The van der Waals surface area contributed by atoms with Gasteiger partial charge in [0, 0.05) is 11.6 Å². The van der Waals surface area contributed by atoms with Gasteiger partial charge in [0.1, 0.15) is 17.7 Å². The molecule has 2 saturated heterocycles. The largest absolute Gasteiger partial charge is 0.497 e. The molecule has 0 aromatic heterocycles. The van der Waals surface area contributed by atoms with Crippen molar-refractivity contribution in [2.45, 2.75) is 12.1 Å². The summed E-state index contributed by atoms with van der Waals surface area (Å²) in [6.07, 6.45) is -1.02. The molecule has 0 aliphatic carbocycles. The molecule has 2 heterocycles. The van der Waals surface area contributed by atoms with Crippen LogP contribution in [-0.2, 0) is 14.4 Å². The third-order valence-electron chi connectivity index (χ3n) is 6.49. The Kier molecular flexibility index (Phi) is 6.15. The Balaban J connectivity index is 1.65. The molecular weight excluding hydrogens is 464 g/mol. The molecule has 0 radical (unpaired) electrons. The standard InChI is InChI=1S/C27H26N2O7/c1-32-18-12-8-11-17(15-18)28-26(30)21-22(19-13-14-20(33-2)24(35-4)23(19)34-3)29(36-25(21)27(28)31)16-9-6-5-7-10-16/h5-15,21-22,25H,1-4H3/t21-,22-,25-/m0/s1. The lowest BCUT2D eigenvalue weighted by atomic mass is 9.89. The fraction of sp³-hybridized carbons (Fsp3) is 0.259. The molecule has 0 bridgehead atoms. The highest BCUT2D eigenvalue weighted by molar-refractivity contribution is 6.24. The van der Waals surface area contributed by atoms with Gasteiger partial charge in [0.05, 0.1) is 39.8 Å². The summed E-state index contributed by atoms with van der Waals surface area (Å²) in [6.45, 7) is 0. The summed E-state index contributed by atoms with van der Waals surface area (Å²) in [4.78, 5) is 34.9. The van der Waals surface area contributed by atoms with E-state index in [1.165, 1.54) is 33.3 Å². The zero-order chi connectivity index (χ0) is 25.4. The van der Waals surface area contributed by atoms with E-state index in [1.54, 1.807) is 41.5 Å². The van der Waals surface area contributed by atoms with E-state index in [-0.39, 0.29) is 5.91 Å². The van der Waals surface area contributed by atoms with Crippen molar-refractivity contribution in [1.29, 1.82) is 0 Å². The van der Waals surface area contributed by atoms with Crippen molar-refractivity contribution in [1.82, 2.24) is 0 Å². The first kappa shape index (κ1) is 23.5. The molecule has 3 aromatic rings. The Labute approximate surface area is 208 Å². The zero-order valence-electron chi connectivity index (χ0n) is 20.3. The van der Waals surface area contributed by atoms with E-state index in [0.717, 1.165) is 0 Å². The summed E-state index contributed by atoms with van der Waals surface area (Å²) >= 11 is 0. The van der Waals surface area contributed by atoms with Crippen LogP contribution in [0.25, 0.3) is 0 Å². The second-order valence-electron chi connectivity index (χ2n) is 8.29. The Morgan fingerprint density at radius 2 is 1.44 bits per heavy atom. The highest BCUT2D eigenvalue weighted by Crippen LogP contribution is 2.52. The van der Waals surface area contributed by atoms with Gasteiger partial charge in [-0.3, -0.25) is 14.4 Å². The predicted octanol–water partition coefficient (Wildman–Crippen LogP) is 3.77. The van der Waals surface area contributed by atoms with Crippen LogP contribution in [-0.4, -0.2) is 46.4 Å². The van der Waals surface area contributed by atoms with Crippen molar-refractivity contribution in [3.63, 3.8) is 0 Å². The van der Waals surface area contributed by atoms with E-state index in [1.807, 2.05) is 30.3 Å². The maximum Gasteiger partial charge on any atom is 0.266 e. The van der Waals surface area contributed by atoms with Crippen molar-refractivity contribution < 1.29 is 33.4 Å². The summed E-state index contributed by atoms with van der Waals surface area (Å²) in [5, 5.41) is 1.61. The summed E-state index contributed by atoms with van der Waals surface area (Å²) in [7, 11) is 6.10. The molecule has 3 aromatic carbocycles. The van der Waals surface area contributed by atoms with Crippen molar-refractivity contribution in [3.8, 4) is 23.0 Å².